The first-order valence-corrected chi connectivity index (χ1v) is 6.69. The Hall–Kier alpha value is -1.33. The third-order valence-corrected chi connectivity index (χ3v) is 3.46. The van der Waals surface area contributed by atoms with Gasteiger partial charge in [-0.05, 0) is 46.0 Å². The van der Waals surface area contributed by atoms with E-state index in [1.807, 2.05) is 38.1 Å². The molecule has 1 aromatic rings. The molecule has 106 valence electrons. The van der Waals surface area contributed by atoms with Crippen LogP contribution in [0.3, 0.4) is 0 Å². The first-order valence-electron chi connectivity index (χ1n) is 6.69. The Labute approximate surface area is 114 Å². The Bertz CT molecular complexity index is 449. The van der Waals surface area contributed by atoms with E-state index in [1.54, 1.807) is 0 Å². The lowest BCUT2D eigenvalue weighted by Crippen LogP contribution is -2.47. The van der Waals surface area contributed by atoms with Crippen molar-refractivity contribution >= 4 is 5.91 Å². The average molecular weight is 265 g/mol. The van der Waals surface area contributed by atoms with Crippen LogP contribution in [0.4, 0.5) is 0 Å². The maximum atomic E-state index is 12.4. The first kappa shape index (κ1) is 14.1. The number of amides is 1. The van der Waals surface area contributed by atoms with Crippen LogP contribution >= 0.6 is 0 Å². The Morgan fingerprint density at radius 1 is 1.37 bits per heavy atom. The van der Waals surface area contributed by atoms with Gasteiger partial charge in [-0.2, -0.15) is 0 Å². The van der Waals surface area contributed by atoms with Gasteiger partial charge in [-0.15, -0.1) is 0 Å². The van der Waals surface area contributed by atoms with Gasteiger partial charge in [0.1, 0.15) is 11.5 Å². The molecule has 0 bridgehead atoms. The number of furan rings is 1. The van der Waals surface area contributed by atoms with Crippen LogP contribution in [0.5, 0.6) is 0 Å². The molecular weight excluding hydrogens is 242 g/mol. The Morgan fingerprint density at radius 2 is 2.05 bits per heavy atom. The second-order valence-corrected chi connectivity index (χ2v) is 5.70. The lowest BCUT2D eigenvalue weighted by Gasteiger charge is -2.26. The summed E-state index contributed by atoms with van der Waals surface area (Å²) in [5, 5.41) is 0. The highest BCUT2D eigenvalue weighted by atomic mass is 16.3. The van der Waals surface area contributed by atoms with Crippen LogP contribution in [0.2, 0.25) is 0 Å². The molecule has 0 aromatic carbocycles. The van der Waals surface area contributed by atoms with Crippen molar-refractivity contribution in [2.24, 2.45) is 5.73 Å². The normalized spacial score (nSPS) is 16.7. The number of carbonyl (C=O) groups is 1. The Morgan fingerprint density at radius 3 is 2.53 bits per heavy atom. The van der Waals surface area contributed by atoms with E-state index in [-0.39, 0.29) is 5.91 Å². The number of carbonyl (C=O) groups excluding carboxylic acids is 1. The average Bonchev–Trinajstić information content (AvgIpc) is 2.96. The molecule has 1 aromatic heterocycles. The van der Waals surface area contributed by atoms with Gasteiger partial charge in [0.05, 0.1) is 12.1 Å². The van der Waals surface area contributed by atoms with Crippen molar-refractivity contribution in [2.75, 3.05) is 27.2 Å². The van der Waals surface area contributed by atoms with Crippen molar-refractivity contribution in [3.05, 3.63) is 23.7 Å². The predicted molar refractivity (Wildman–Crippen MR) is 73.6 cm³/mol. The molecule has 1 aliphatic carbocycles. The highest BCUT2D eigenvalue weighted by Gasteiger charge is 2.48. The summed E-state index contributed by atoms with van der Waals surface area (Å²) in [6.07, 6.45) is 1.59. The minimum atomic E-state index is -0.617. The molecule has 0 aliphatic heterocycles. The van der Waals surface area contributed by atoms with Crippen molar-refractivity contribution in [1.29, 1.82) is 0 Å². The van der Waals surface area contributed by atoms with Crippen LogP contribution in [-0.2, 0) is 11.3 Å². The maximum absolute atomic E-state index is 12.4. The molecule has 2 rings (SSSR count). The standard InChI is InChI=1S/C14H23N3O2/c1-11-4-5-12(19-11)10-17(9-8-16(2)3)13(18)14(15)6-7-14/h4-5H,6-10,15H2,1-3H3. The molecule has 0 radical (unpaired) electrons. The van der Waals surface area contributed by atoms with Crippen molar-refractivity contribution in [3.8, 4) is 0 Å². The van der Waals surface area contributed by atoms with Gasteiger partial charge in [0.15, 0.2) is 0 Å². The summed E-state index contributed by atoms with van der Waals surface area (Å²) in [4.78, 5) is 16.3. The van der Waals surface area contributed by atoms with E-state index < -0.39 is 5.54 Å². The van der Waals surface area contributed by atoms with Crippen LogP contribution in [0, 0.1) is 6.92 Å². The van der Waals surface area contributed by atoms with Gasteiger partial charge in [-0.3, -0.25) is 4.79 Å². The van der Waals surface area contributed by atoms with Crippen LogP contribution in [0.1, 0.15) is 24.4 Å². The van der Waals surface area contributed by atoms with Gasteiger partial charge in [-0.1, -0.05) is 0 Å². The molecule has 0 unspecified atom stereocenters. The van der Waals surface area contributed by atoms with E-state index in [4.69, 9.17) is 10.2 Å². The smallest absolute Gasteiger partial charge is 0.243 e. The third-order valence-electron chi connectivity index (χ3n) is 3.46. The van der Waals surface area contributed by atoms with Crippen LogP contribution in [0.15, 0.2) is 16.5 Å². The van der Waals surface area contributed by atoms with E-state index >= 15 is 0 Å². The van der Waals surface area contributed by atoms with Crippen molar-refractivity contribution in [2.45, 2.75) is 31.8 Å². The van der Waals surface area contributed by atoms with Crippen LogP contribution in [0.25, 0.3) is 0 Å². The fourth-order valence-corrected chi connectivity index (χ4v) is 1.99. The minimum absolute atomic E-state index is 0.0448. The lowest BCUT2D eigenvalue weighted by molar-refractivity contribution is -0.134. The lowest BCUT2D eigenvalue weighted by atomic mass is 10.2. The Balaban J connectivity index is 2.03. The quantitative estimate of drug-likeness (QED) is 0.832. The topological polar surface area (TPSA) is 62.7 Å². The van der Waals surface area contributed by atoms with Crippen LogP contribution < -0.4 is 5.73 Å². The van der Waals surface area contributed by atoms with Gasteiger partial charge in [0.2, 0.25) is 5.91 Å². The summed E-state index contributed by atoms with van der Waals surface area (Å²) in [5.74, 6) is 1.72. The monoisotopic (exact) mass is 265 g/mol. The highest BCUT2D eigenvalue weighted by Crippen LogP contribution is 2.34. The summed E-state index contributed by atoms with van der Waals surface area (Å²) < 4.78 is 5.56. The van der Waals surface area contributed by atoms with E-state index in [0.29, 0.717) is 13.1 Å². The Kier molecular flexibility index (Phi) is 3.96. The number of nitrogens with two attached hydrogens (primary N) is 1. The van der Waals surface area contributed by atoms with Crippen molar-refractivity contribution in [1.82, 2.24) is 9.80 Å². The summed E-state index contributed by atoms with van der Waals surface area (Å²) in [6.45, 7) is 3.90. The molecule has 5 heteroatoms. The number of nitrogens with zero attached hydrogens (tertiary/aromatic N) is 2. The van der Waals surface area contributed by atoms with Gasteiger partial charge >= 0.3 is 0 Å². The van der Waals surface area contributed by atoms with E-state index in [9.17, 15) is 4.79 Å². The molecule has 19 heavy (non-hydrogen) atoms. The zero-order valence-electron chi connectivity index (χ0n) is 12.0. The SMILES string of the molecule is Cc1ccc(CN(CCN(C)C)C(=O)C2(N)CC2)o1. The van der Waals surface area contributed by atoms with Gasteiger partial charge in [-0.25, -0.2) is 0 Å². The molecule has 1 amide bonds. The van der Waals surface area contributed by atoms with Crippen molar-refractivity contribution in [3.63, 3.8) is 0 Å². The molecule has 1 saturated carbocycles. The largest absolute Gasteiger partial charge is 0.464 e. The molecule has 5 nitrogen and oxygen atoms in total. The summed E-state index contributed by atoms with van der Waals surface area (Å²) >= 11 is 0. The van der Waals surface area contributed by atoms with Gasteiger partial charge in [0.25, 0.3) is 0 Å². The van der Waals surface area contributed by atoms with E-state index in [0.717, 1.165) is 30.9 Å². The zero-order chi connectivity index (χ0) is 14.0. The number of likely N-dealkylation sites (N-methyl/N-ethyl adjacent to an activating group) is 1. The second kappa shape index (κ2) is 5.35. The fourth-order valence-electron chi connectivity index (χ4n) is 1.99. The molecule has 0 atom stereocenters. The zero-order valence-corrected chi connectivity index (χ0v) is 12.0. The number of hydrogen-bond donors (Lipinski definition) is 1. The maximum Gasteiger partial charge on any atom is 0.243 e. The molecule has 1 heterocycles. The van der Waals surface area contributed by atoms with E-state index in [1.165, 1.54) is 0 Å². The first-order chi connectivity index (χ1) is 8.90. The van der Waals surface area contributed by atoms with Gasteiger partial charge < -0.3 is 20.0 Å². The summed E-state index contributed by atoms with van der Waals surface area (Å²) in [5.41, 5.74) is 5.40. The molecule has 1 aliphatic rings. The molecular formula is C14H23N3O2. The van der Waals surface area contributed by atoms with E-state index in [2.05, 4.69) is 4.90 Å². The molecule has 0 spiro atoms. The molecule has 1 fully saturated rings. The summed E-state index contributed by atoms with van der Waals surface area (Å²) in [7, 11) is 3.99. The molecule has 0 saturated heterocycles. The second-order valence-electron chi connectivity index (χ2n) is 5.70. The number of aryl methyl sites for hydroxylation is 1. The van der Waals surface area contributed by atoms with Crippen LogP contribution in [-0.4, -0.2) is 48.4 Å². The predicted octanol–water partition coefficient (Wildman–Crippen LogP) is 0.970. The van der Waals surface area contributed by atoms with Gasteiger partial charge in [0, 0.05) is 13.1 Å². The third kappa shape index (κ3) is 3.58. The molecule has 2 N–H and O–H groups in total. The fraction of sp³-hybridized carbons (Fsp3) is 0.643. The van der Waals surface area contributed by atoms with Crippen molar-refractivity contribution < 1.29 is 9.21 Å². The highest BCUT2D eigenvalue weighted by molar-refractivity contribution is 5.89. The number of rotatable bonds is 6. The summed E-state index contributed by atoms with van der Waals surface area (Å²) in [6, 6.07) is 3.83. The minimum Gasteiger partial charge on any atom is -0.464 e. The number of hydrogen-bond acceptors (Lipinski definition) is 4.